The number of amides is 2. The van der Waals surface area contributed by atoms with Crippen LogP contribution >= 0.6 is 0 Å². The van der Waals surface area contributed by atoms with Gasteiger partial charge in [-0.25, -0.2) is 9.96 Å². The quantitative estimate of drug-likeness (QED) is 0.657. The smallest absolute Gasteiger partial charge is 0.266 e. The molecular formula is C24H20N2O5. The average Bonchev–Trinajstić information content (AvgIpc) is 3.31. The lowest BCUT2D eigenvalue weighted by Gasteiger charge is -2.29. The minimum atomic E-state index is -0.997. The van der Waals surface area contributed by atoms with Gasteiger partial charge in [-0.2, -0.15) is 0 Å². The molecule has 0 saturated carbocycles. The second-order valence-electron chi connectivity index (χ2n) is 7.40. The van der Waals surface area contributed by atoms with Gasteiger partial charge in [0.2, 0.25) is 5.91 Å². The number of carbonyl (C=O) groups excluding carboxylic acids is 2. The number of phenolic OH excluding ortho intramolecular Hbond substituents is 1. The van der Waals surface area contributed by atoms with E-state index in [9.17, 15) is 14.7 Å². The molecule has 0 radical (unpaired) electrons. The zero-order valence-corrected chi connectivity index (χ0v) is 16.7. The van der Waals surface area contributed by atoms with Crippen molar-refractivity contribution in [3.63, 3.8) is 0 Å². The fourth-order valence-electron chi connectivity index (χ4n) is 4.30. The number of ether oxygens (including phenoxy) is 1. The first-order valence-electron chi connectivity index (χ1n) is 9.91. The number of hydroxylamine groups is 1. The zero-order chi connectivity index (χ0) is 21.5. The number of para-hydroxylation sites is 3. The standard InChI is InChI=1S/C24H20N2O5/c1-30-18-14-8-13-17(21(18)27)20-19-22(31-26(20)16-11-6-3-7-12-16)24(29)25(23(19)28)15-9-4-2-5-10-15/h2-14,19-20,22,27H,1H3/t19-,20-,22-/m0/s1. The lowest BCUT2D eigenvalue weighted by atomic mass is 9.90. The van der Waals surface area contributed by atoms with Gasteiger partial charge in [0.15, 0.2) is 17.6 Å². The Hall–Kier alpha value is -3.84. The highest BCUT2D eigenvalue weighted by atomic mass is 16.7. The number of aromatic hydroxyl groups is 1. The molecule has 0 aromatic heterocycles. The van der Waals surface area contributed by atoms with Gasteiger partial charge < -0.3 is 9.84 Å². The first-order chi connectivity index (χ1) is 15.1. The number of methoxy groups -OCH3 is 1. The minimum Gasteiger partial charge on any atom is -0.504 e. The maximum atomic E-state index is 13.5. The molecule has 0 unspecified atom stereocenters. The summed E-state index contributed by atoms with van der Waals surface area (Å²) in [6, 6.07) is 22.4. The predicted octanol–water partition coefficient (Wildman–Crippen LogP) is 3.45. The largest absolute Gasteiger partial charge is 0.504 e. The molecule has 31 heavy (non-hydrogen) atoms. The van der Waals surface area contributed by atoms with Gasteiger partial charge in [0.1, 0.15) is 12.0 Å². The lowest BCUT2D eigenvalue weighted by Crippen LogP contribution is -2.37. The molecule has 3 aromatic carbocycles. The molecule has 2 aliphatic rings. The topological polar surface area (TPSA) is 79.3 Å². The maximum absolute atomic E-state index is 13.5. The van der Waals surface area contributed by atoms with Crippen LogP contribution in [0.2, 0.25) is 0 Å². The number of rotatable bonds is 4. The molecule has 3 atom stereocenters. The molecule has 7 nitrogen and oxygen atoms in total. The number of phenols is 1. The number of benzene rings is 3. The van der Waals surface area contributed by atoms with Crippen LogP contribution in [0.3, 0.4) is 0 Å². The Bertz CT molecular complexity index is 1140. The third-order valence-corrected chi connectivity index (χ3v) is 5.71. The van der Waals surface area contributed by atoms with Gasteiger partial charge in [0.05, 0.1) is 18.5 Å². The highest BCUT2D eigenvalue weighted by Crippen LogP contribution is 2.50. The van der Waals surface area contributed by atoms with Gasteiger partial charge in [-0.15, -0.1) is 0 Å². The van der Waals surface area contributed by atoms with E-state index in [-0.39, 0.29) is 17.4 Å². The van der Waals surface area contributed by atoms with E-state index in [1.807, 2.05) is 36.4 Å². The predicted molar refractivity (Wildman–Crippen MR) is 114 cm³/mol. The summed E-state index contributed by atoms with van der Waals surface area (Å²) in [6.07, 6.45) is -0.997. The lowest BCUT2D eigenvalue weighted by molar-refractivity contribution is -0.126. The summed E-state index contributed by atoms with van der Waals surface area (Å²) in [4.78, 5) is 34.0. The second kappa shape index (κ2) is 7.45. The molecule has 2 amide bonds. The third-order valence-electron chi connectivity index (χ3n) is 5.71. The van der Waals surface area contributed by atoms with Crippen molar-refractivity contribution in [2.45, 2.75) is 12.1 Å². The summed E-state index contributed by atoms with van der Waals surface area (Å²) in [5, 5.41) is 12.4. The van der Waals surface area contributed by atoms with Crippen LogP contribution in [0, 0.1) is 5.92 Å². The third kappa shape index (κ3) is 2.93. The molecule has 2 fully saturated rings. The van der Waals surface area contributed by atoms with Crippen LogP contribution in [0.5, 0.6) is 11.5 Å². The highest BCUT2D eigenvalue weighted by molar-refractivity contribution is 6.23. The fourth-order valence-corrected chi connectivity index (χ4v) is 4.30. The summed E-state index contributed by atoms with van der Waals surface area (Å²) in [6.45, 7) is 0. The van der Waals surface area contributed by atoms with Gasteiger partial charge in [0.25, 0.3) is 5.91 Å². The van der Waals surface area contributed by atoms with E-state index in [2.05, 4.69) is 0 Å². The number of nitrogens with zero attached hydrogens (tertiary/aromatic N) is 2. The summed E-state index contributed by atoms with van der Waals surface area (Å²) in [5.74, 6) is -1.42. The van der Waals surface area contributed by atoms with Crippen molar-refractivity contribution in [2.24, 2.45) is 5.92 Å². The minimum absolute atomic E-state index is 0.0846. The highest BCUT2D eigenvalue weighted by Gasteiger charge is 2.60. The van der Waals surface area contributed by atoms with Crippen LogP contribution in [0.15, 0.2) is 78.9 Å². The zero-order valence-electron chi connectivity index (χ0n) is 16.7. The van der Waals surface area contributed by atoms with Crippen LogP contribution in [0.25, 0.3) is 0 Å². The Kier molecular flexibility index (Phi) is 4.60. The molecule has 0 bridgehead atoms. The molecular weight excluding hydrogens is 396 g/mol. The summed E-state index contributed by atoms with van der Waals surface area (Å²) in [7, 11) is 1.46. The van der Waals surface area contributed by atoms with E-state index >= 15 is 0 Å². The number of hydrogen-bond acceptors (Lipinski definition) is 6. The Morgan fingerprint density at radius 1 is 0.839 bits per heavy atom. The Morgan fingerprint density at radius 2 is 1.48 bits per heavy atom. The van der Waals surface area contributed by atoms with Gasteiger partial charge in [-0.3, -0.25) is 14.4 Å². The SMILES string of the molecule is COc1cccc([C@H]2[C@@H]3C(=O)N(c4ccccc4)C(=O)[C@H]3ON2c2ccccc2)c1O. The van der Waals surface area contributed by atoms with Gasteiger partial charge in [-0.05, 0) is 30.3 Å². The summed E-state index contributed by atoms with van der Waals surface area (Å²) < 4.78 is 5.26. The molecule has 1 N–H and O–H groups in total. The van der Waals surface area contributed by atoms with Crippen molar-refractivity contribution >= 4 is 23.2 Å². The molecule has 5 rings (SSSR count). The monoisotopic (exact) mass is 416 g/mol. The Labute approximate surface area is 179 Å². The number of carbonyl (C=O) groups is 2. The molecule has 0 aliphatic carbocycles. The molecule has 0 spiro atoms. The van der Waals surface area contributed by atoms with Crippen molar-refractivity contribution in [3.8, 4) is 11.5 Å². The van der Waals surface area contributed by atoms with Crippen LogP contribution < -0.4 is 14.7 Å². The van der Waals surface area contributed by atoms with Gasteiger partial charge in [0, 0.05) is 5.56 Å². The number of fused-ring (bicyclic) bond motifs is 1. The van der Waals surface area contributed by atoms with Crippen molar-refractivity contribution in [1.29, 1.82) is 0 Å². The second-order valence-corrected chi connectivity index (χ2v) is 7.40. The van der Waals surface area contributed by atoms with Crippen LogP contribution in [-0.4, -0.2) is 30.1 Å². The number of hydrogen-bond donors (Lipinski definition) is 1. The Balaban J connectivity index is 1.63. The number of anilines is 2. The van der Waals surface area contributed by atoms with Crippen LogP contribution in [0.1, 0.15) is 11.6 Å². The van der Waals surface area contributed by atoms with Crippen LogP contribution in [0.4, 0.5) is 11.4 Å². The van der Waals surface area contributed by atoms with E-state index in [0.717, 1.165) is 0 Å². The summed E-state index contributed by atoms with van der Waals surface area (Å²) >= 11 is 0. The first kappa shape index (κ1) is 19.1. The normalized spacial score (nSPS) is 22.7. The van der Waals surface area contributed by atoms with E-state index < -0.39 is 24.0 Å². The van der Waals surface area contributed by atoms with E-state index in [0.29, 0.717) is 16.9 Å². The van der Waals surface area contributed by atoms with Gasteiger partial charge in [-0.1, -0.05) is 48.5 Å². The summed E-state index contributed by atoms with van der Waals surface area (Å²) in [5.41, 5.74) is 1.62. The molecule has 2 aliphatic heterocycles. The number of imide groups is 1. The van der Waals surface area contributed by atoms with Crippen molar-refractivity contribution < 1.29 is 24.3 Å². The van der Waals surface area contributed by atoms with Crippen LogP contribution in [-0.2, 0) is 14.4 Å². The maximum Gasteiger partial charge on any atom is 0.266 e. The average molecular weight is 416 g/mol. The fraction of sp³-hybridized carbons (Fsp3) is 0.167. The van der Waals surface area contributed by atoms with Crippen molar-refractivity contribution in [1.82, 2.24) is 0 Å². The van der Waals surface area contributed by atoms with E-state index in [4.69, 9.17) is 9.57 Å². The van der Waals surface area contributed by atoms with Gasteiger partial charge >= 0.3 is 0 Å². The van der Waals surface area contributed by atoms with E-state index in [1.165, 1.54) is 12.0 Å². The van der Waals surface area contributed by atoms with E-state index in [1.54, 1.807) is 47.5 Å². The Morgan fingerprint density at radius 3 is 2.13 bits per heavy atom. The molecule has 2 saturated heterocycles. The molecule has 3 aromatic rings. The molecule has 2 heterocycles. The van der Waals surface area contributed by atoms with Crippen molar-refractivity contribution in [3.05, 3.63) is 84.4 Å². The van der Waals surface area contributed by atoms with Crippen molar-refractivity contribution in [2.75, 3.05) is 17.1 Å². The first-order valence-corrected chi connectivity index (χ1v) is 9.91. The molecule has 156 valence electrons. The molecule has 7 heteroatoms.